The molecule has 0 unspecified atom stereocenters. The minimum Gasteiger partial charge on any atom is -0.497 e. The average molecular weight is 338 g/mol. The van der Waals surface area contributed by atoms with Gasteiger partial charge in [0.15, 0.2) is 11.6 Å². The van der Waals surface area contributed by atoms with E-state index >= 15 is 0 Å². The van der Waals surface area contributed by atoms with Gasteiger partial charge in [0.1, 0.15) is 11.5 Å². The maximum atomic E-state index is 5.49. The summed E-state index contributed by atoms with van der Waals surface area (Å²) in [6.07, 6.45) is 0. The lowest BCUT2D eigenvalue weighted by molar-refractivity contribution is 0.394. The molecule has 2 aromatic carbocycles. The molecule has 130 valence electrons. The van der Waals surface area contributed by atoms with E-state index in [0.717, 1.165) is 34.4 Å². The summed E-state index contributed by atoms with van der Waals surface area (Å²) in [6.45, 7) is 0.610. The van der Waals surface area contributed by atoms with E-state index in [-0.39, 0.29) is 0 Å². The Morgan fingerprint density at radius 3 is 2.44 bits per heavy atom. The molecule has 25 heavy (non-hydrogen) atoms. The molecule has 1 aromatic heterocycles. The first kappa shape index (κ1) is 16.8. The molecule has 0 aliphatic rings. The molecule has 0 fully saturated rings. The summed E-state index contributed by atoms with van der Waals surface area (Å²) in [5.74, 6) is 3.25. The van der Waals surface area contributed by atoms with Crippen LogP contribution in [0.1, 0.15) is 5.82 Å². The Morgan fingerprint density at radius 1 is 1.00 bits per heavy atom. The number of ether oxygens (including phenoxy) is 2. The first-order valence-corrected chi connectivity index (χ1v) is 8.01. The van der Waals surface area contributed by atoms with Crippen molar-refractivity contribution in [2.75, 3.05) is 26.2 Å². The topological polar surface area (TPSA) is 52.4 Å². The SMILES string of the molecule is COc1ccc(N(C)Cc2nnc(-c3ccccc3)n2C)c(OC)c1. The minimum atomic E-state index is 0.610. The Labute approximate surface area is 147 Å². The Kier molecular flexibility index (Phi) is 4.88. The molecule has 6 heteroatoms. The van der Waals surface area contributed by atoms with Crippen LogP contribution in [0.5, 0.6) is 11.5 Å². The molecule has 0 aliphatic carbocycles. The second-order valence-electron chi connectivity index (χ2n) is 5.76. The number of rotatable bonds is 6. The molecule has 0 amide bonds. The summed E-state index contributed by atoms with van der Waals surface area (Å²) in [5.41, 5.74) is 2.01. The summed E-state index contributed by atoms with van der Waals surface area (Å²) >= 11 is 0. The molecule has 0 atom stereocenters. The highest BCUT2D eigenvalue weighted by Gasteiger charge is 2.15. The van der Waals surface area contributed by atoms with E-state index in [1.165, 1.54) is 0 Å². The van der Waals surface area contributed by atoms with Gasteiger partial charge in [-0.05, 0) is 12.1 Å². The van der Waals surface area contributed by atoms with E-state index < -0.39 is 0 Å². The fourth-order valence-electron chi connectivity index (χ4n) is 2.74. The van der Waals surface area contributed by atoms with Crippen molar-refractivity contribution in [2.24, 2.45) is 7.05 Å². The third kappa shape index (κ3) is 3.42. The number of benzene rings is 2. The number of hydrogen-bond acceptors (Lipinski definition) is 5. The van der Waals surface area contributed by atoms with Gasteiger partial charge in [0.2, 0.25) is 0 Å². The highest BCUT2D eigenvalue weighted by Crippen LogP contribution is 2.32. The number of anilines is 1. The lowest BCUT2D eigenvalue weighted by Crippen LogP contribution is -2.19. The summed E-state index contributed by atoms with van der Waals surface area (Å²) in [5, 5.41) is 8.69. The van der Waals surface area contributed by atoms with Crippen LogP contribution in [0.15, 0.2) is 48.5 Å². The molecule has 0 N–H and O–H groups in total. The van der Waals surface area contributed by atoms with Crippen molar-refractivity contribution in [3.63, 3.8) is 0 Å². The van der Waals surface area contributed by atoms with Crippen molar-refractivity contribution in [1.29, 1.82) is 0 Å². The smallest absolute Gasteiger partial charge is 0.163 e. The lowest BCUT2D eigenvalue weighted by Gasteiger charge is -2.21. The number of nitrogens with zero attached hydrogens (tertiary/aromatic N) is 4. The van der Waals surface area contributed by atoms with Gasteiger partial charge in [-0.15, -0.1) is 10.2 Å². The van der Waals surface area contributed by atoms with Gasteiger partial charge in [-0.1, -0.05) is 30.3 Å². The molecule has 0 spiro atoms. The van der Waals surface area contributed by atoms with E-state index in [9.17, 15) is 0 Å². The molecule has 3 rings (SSSR count). The molecule has 1 heterocycles. The molecule has 3 aromatic rings. The van der Waals surface area contributed by atoms with Crippen LogP contribution in [-0.4, -0.2) is 36.0 Å². The summed E-state index contributed by atoms with van der Waals surface area (Å²) in [7, 11) is 7.28. The second-order valence-corrected chi connectivity index (χ2v) is 5.76. The van der Waals surface area contributed by atoms with Crippen LogP contribution in [0.3, 0.4) is 0 Å². The van der Waals surface area contributed by atoms with Crippen molar-refractivity contribution >= 4 is 5.69 Å². The van der Waals surface area contributed by atoms with E-state index in [4.69, 9.17) is 9.47 Å². The van der Waals surface area contributed by atoms with Crippen LogP contribution < -0.4 is 14.4 Å². The van der Waals surface area contributed by atoms with Crippen LogP contribution in [0.2, 0.25) is 0 Å². The zero-order valence-electron chi connectivity index (χ0n) is 14.9. The summed E-state index contributed by atoms with van der Waals surface area (Å²) < 4.78 is 12.8. The van der Waals surface area contributed by atoms with Gasteiger partial charge in [0, 0.05) is 25.7 Å². The third-order valence-electron chi connectivity index (χ3n) is 4.17. The van der Waals surface area contributed by atoms with Crippen LogP contribution in [0.4, 0.5) is 5.69 Å². The monoisotopic (exact) mass is 338 g/mol. The van der Waals surface area contributed by atoms with Gasteiger partial charge in [-0.25, -0.2) is 0 Å². The summed E-state index contributed by atoms with van der Waals surface area (Å²) in [4.78, 5) is 2.08. The van der Waals surface area contributed by atoms with E-state index in [1.807, 2.05) is 67.2 Å². The van der Waals surface area contributed by atoms with Gasteiger partial charge in [0.05, 0.1) is 26.5 Å². The van der Waals surface area contributed by atoms with Crippen LogP contribution in [0, 0.1) is 0 Å². The molecule has 0 bridgehead atoms. The quantitative estimate of drug-likeness (QED) is 0.691. The predicted molar refractivity (Wildman–Crippen MR) is 98.1 cm³/mol. The summed E-state index contributed by atoms with van der Waals surface area (Å²) in [6, 6.07) is 15.8. The molecule has 0 saturated heterocycles. The highest BCUT2D eigenvalue weighted by molar-refractivity contribution is 5.61. The van der Waals surface area contributed by atoms with Crippen LogP contribution >= 0.6 is 0 Å². The Hall–Kier alpha value is -3.02. The van der Waals surface area contributed by atoms with Crippen molar-refractivity contribution in [2.45, 2.75) is 6.54 Å². The van der Waals surface area contributed by atoms with Crippen LogP contribution in [0.25, 0.3) is 11.4 Å². The van der Waals surface area contributed by atoms with Gasteiger partial charge >= 0.3 is 0 Å². The number of aromatic nitrogens is 3. The van der Waals surface area contributed by atoms with E-state index in [0.29, 0.717) is 6.54 Å². The fraction of sp³-hybridized carbons (Fsp3) is 0.263. The Morgan fingerprint density at radius 2 is 1.76 bits per heavy atom. The number of hydrogen-bond donors (Lipinski definition) is 0. The minimum absolute atomic E-state index is 0.610. The van der Waals surface area contributed by atoms with Crippen molar-refractivity contribution in [1.82, 2.24) is 14.8 Å². The number of methoxy groups -OCH3 is 2. The molecular formula is C19H22N4O2. The fourth-order valence-corrected chi connectivity index (χ4v) is 2.74. The highest BCUT2D eigenvalue weighted by atomic mass is 16.5. The Bertz CT molecular complexity index is 846. The average Bonchev–Trinajstić information content (AvgIpc) is 3.02. The van der Waals surface area contributed by atoms with Gasteiger partial charge in [-0.2, -0.15) is 0 Å². The molecular weight excluding hydrogens is 316 g/mol. The zero-order valence-corrected chi connectivity index (χ0v) is 14.9. The first-order valence-electron chi connectivity index (χ1n) is 8.01. The second kappa shape index (κ2) is 7.25. The standard InChI is InChI=1S/C19H22N4O2/c1-22(16-11-10-15(24-3)12-17(16)25-4)13-18-20-21-19(23(18)2)14-8-6-5-7-9-14/h5-12H,13H2,1-4H3. The largest absolute Gasteiger partial charge is 0.497 e. The maximum Gasteiger partial charge on any atom is 0.163 e. The van der Waals surface area contributed by atoms with Crippen LogP contribution in [-0.2, 0) is 13.6 Å². The van der Waals surface area contributed by atoms with Crippen molar-refractivity contribution in [3.05, 3.63) is 54.4 Å². The van der Waals surface area contributed by atoms with E-state index in [2.05, 4.69) is 15.1 Å². The first-order chi connectivity index (χ1) is 12.1. The van der Waals surface area contributed by atoms with E-state index in [1.54, 1.807) is 14.2 Å². The van der Waals surface area contributed by atoms with Crippen molar-refractivity contribution < 1.29 is 9.47 Å². The molecule has 0 aliphatic heterocycles. The Balaban J connectivity index is 1.85. The molecule has 0 saturated carbocycles. The lowest BCUT2D eigenvalue weighted by atomic mass is 10.2. The van der Waals surface area contributed by atoms with Gasteiger partial charge in [-0.3, -0.25) is 0 Å². The molecule has 6 nitrogen and oxygen atoms in total. The van der Waals surface area contributed by atoms with Crippen molar-refractivity contribution in [3.8, 4) is 22.9 Å². The predicted octanol–water partition coefficient (Wildman–Crippen LogP) is 3.14. The third-order valence-corrected chi connectivity index (χ3v) is 4.17. The zero-order chi connectivity index (χ0) is 17.8. The normalized spacial score (nSPS) is 10.6. The van der Waals surface area contributed by atoms with Gasteiger partial charge < -0.3 is 18.9 Å². The van der Waals surface area contributed by atoms with Gasteiger partial charge in [0.25, 0.3) is 0 Å². The maximum absolute atomic E-state index is 5.49. The molecule has 0 radical (unpaired) electrons.